The zero-order valence-electron chi connectivity index (χ0n) is 12.2. The number of alkyl halides is 1. The van der Waals surface area contributed by atoms with Crippen molar-refractivity contribution < 1.29 is 4.92 Å². The van der Waals surface area contributed by atoms with Gasteiger partial charge in [-0.15, -0.1) is 11.6 Å². The molecule has 1 heterocycles. The number of anilines is 1. The van der Waals surface area contributed by atoms with E-state index >= 15 is 0 Å². The van der Waals surface area contributed by atoms with E-state index in [1.54, 1.807) is 6.07 Å². The monoisotopic (exact) mass is 308 g/mol. The lowest BCUT2D eigenvalue weighted by Gasteiger charge is -2.40. The summed E-state index contributed by atoms with van der Waals surface area (Å²) in [4.78, 5) is 13.2. The third-order valence-electron chi connectivity index (χ3n) is 5.22. The summed E-state index contributed by atoms with van der Waals surface area (Å²) in [5, 5.41) is 11.3. The minimum absolute atomic E-state index is 0.190. The zero-order valence-corrected chi connectivity index (χ0v) is 12.9. The normalized spacial score (nSPS) is 20.9. The number of halogens is 1. The molecule has 0 atom stereocenters. The molecule has 1 spiro atoms. The number of nitro benzene ring substituents is 1. The molecule has 1 saturated heterocycles. The molecule has 1 aliphatic carbocycles. The second kappa shape index (κ2) is 5.84. The molecule has 114 valence electrons. The van der Waals surface area contributed by atoms with Gasteiger partial charge in [0.1, 0.15) is 5.69 Å². The first kappa shape index (κ1) is 14.6. The van der Waals surface area contributed by atoms with Gasteiger partial charge in [0.2, 0.25) is 0 Å². The average molecular weight is 309 g/mol. The van der Waals surface area contributed by atoms with Crippen molar-refractivity contribution in [3.63, 3.8) is 0 Å². The number of nitro groups is 1. The van der Waals surface area contributed by atoms with Crippen LogP contribution in [0, 0.1) is 15.5 Å². The molecule has 4 nitrogen and oxygen atoms in total. The SMILES string of the molecule is O=[N+]([O-])c1cc(CCl)ccc1N1CCC2(CCCC2)CC1. The Labute approximate surface area is 130 Å². The van der Waals surface area contributed by atoms with Crippen molar-refractivity contribution in [1.82, 2.24) is 0 Å². The Balaban J connectivity index is 1.80. The van der Waals surface area contributed by atoms with Crippen LogP contribution < -0.4 is 4.90 Å². The van der Waals surface area contributed by atoms with Gasteiger partial charge in [0.15, 0.2) is 0 Å². The van der Waals surface area contributed by atoms with Gasteiger partial charge < -0.3 is 4.90 Å². The lowest BCUT2D eigenvalue weighted by atomic mass is 9.77. The van der Waals surface area contributed by atoms with Crippen LogP contribution in [0.15, 0.2) is 18.2 Å². The Hall–Kier alpha value is -1.29. The van der Waals surface area contributed by atoms with E-state index in [-0.39, 0.29) is 10.6 Å². The van der Waals surface area contributed by atoms with Crippen LogP contribution in [0.1, 0.15) is 44.1 Å². The molecule has 5 heteroatoms. The van der Waals surface area contributed by atoms with Gasteiger partial charge in [-0.3, -0.25) is 10.1 Å². The van der Waals surface area contributed by atoms with Gasteiger partial charge in [0.25, 0.3) is 5.69 Å². The second-order valence-corrected chi connectivity index (χ2v) is 6.68. The van der Waals surface area contributed by atoms with E-state index in [1.807, 2.05) is 12.1 Å². The largest absolute Gasteiger partial charge is 0.366 e. The molecule has 0 radical (unpaired) electrons. The van der Waals surface area contributed by atoms with E-state index in [0.717, 1.165) is 24.3 Å². The molecule has 1 aromatic carbocycles. The number of hydrogen-bond donors (Lipinski definition) is 0. The number of piperidine rings is 1. The Morgan fingerprint density at radius 1 is 1.19 bits per heavy atom. The van der Waals surface area contributed by atoms with Gasteiger partial charge in [0.05, 0.1) is 4.92 Å². The summed E-state index contributed by atoms with van der Waals surface area (Å²) >= 11 is 5.79. The van der Waals surface area contributed by atoms with E-state index in [4.69, 9.17) is 11.6 Å². The van der Waals surface area contributed by atoms with E-state index in [0.29, 0.717) is 11.3 Å². The summed E-state index contributed by atoms with van der Waals surface area (Å²) in [7, 11) is 0. The van der Waals surface area contributed by atoms with Crippen molar-refractivity contribution in [3.8, 4) is 0 Å². The first-order valence-electron chi connectivity index (χ1n) is 7.72. The molecule has 1 aromatic rings. The lowest BCUT2D eigenvalue weighted by Crippen LogP contribution is -2.39. The first-order valence-corrected chi connectivity index (χ1v) is 8.25. The van der Waals surface area contributed by atoms with E-state index in [1.165, 1.54) is 38.5 Å². The molecule has 21 heavy (non-hydrogen) atoms. The zero-order chi connectivity index (χ0) is 14.9. The third-order valence-corrected chi connectivity index (χ3v) is 5.53. The minimum Gasteiger partial charge on any atom is -0.366 e. The van der Waals surface area contributed by atoms with Gasteiger partial charge in [-0.05, 0) is 42.7 Å². The molecule has 0 N–H and O–H groups in total. The van der Waals surface area contributed by atoms with E-state index < -0.39 is 0 Å². The van der Waals surface area contributed by atoms with Gasteiger partial charge >= 0.3 is 0 Å². The number of rotatable bonds is 3. The molecular formula is C16H21ClN2O2. The Morgan fingerprint density at radius 2 is 1.86 bits per heavy atom. The van der Waals surface area contributed by atoms with E-state index in [9.17, 15) is 10.1 Å². The molecular weight excluding hydrogens is 288 g/mol. The van der Waals surface area contributed by atoms with Gasteiger partial charge in [-0.2, -0.15) is 0 Å². The number of nitrogens with zero attached hydrogens (tertiary/aromatic N) is 2. The highest BCUT2D eigenvalue weighted by molar-refractivity contribution is 6.17. The molecule has 1 saturated carbocycles. The van der Waals surface area contributed by atoms with Crippen LogP contribution in [0.5, 0.6) is 0 Å². The van der Waals surface area contributed by atoms with Crippen LogP contribution in [0.25, 0.3) is 0 Å². The van der Waals surface area contributed by atoms with Crippen molar-refractivity contribution in [3.05, 3.63) is 33.9 Å². The summed E-state index contributed by atoms with van der Waals surface area (Å²) in [6.07, 6.45) is 7.72. The quantitative estimate of drug-likeness (QED) is 0.469. The Kier molecular flexibility index (Phi) is 4.07. The molecule has 0 amide bonds. The Morgan fingerprint density at radius 3 is 2.43 bits per heavy atom. The average Bonchev–Trinajstić information content (AvgIpc) is 2.96. The van der Waals surface area contributed by atoms with Crippen LogP contribution in [-0.4, -0.2) is 18.0 Å². The highest BCUT2D eigenvalue weighted by Crippen LogP contribution is 2.47. The highest BCUT2D eigenvalue weighted by atomic mass is 35.5. The van der Waals surface area contributed by atoms with Gasteiger partial charge in [0, 0.05) is 25.0 Å². The van der Waals surface area contributed by atoms with E-state index in [2.05, 4.69) is 4.90 Å². The predicted octanol–water partition coefficient (Wildman–Crippen LogP) is 4.49. The maximum absolute atomic E-state index is 11.3. The fraction of sp³-hybridized carbons (Fsp3) is 0.625. The molecule has 0 unspecified atom stereocenters. The van der Waals surface area contributed by atoms with Crippen LogP contribution in [0.2, 0.25) is 0 Å². The topological polar surface area (TPSA) is 46.4 Å². The van der Waals surface area contributed by atoms with Crippen molar-refractivity contribution in [2.75, 3.05) is 18.0 Å². The molecule has 1 aliphatic heterocycles. The first-order chi connectivity index (χ1) is 10.1. The predicted molar refractivity (Wildman–Crippen MR) is 85.0 cm³/mol. The second-order valence-electron chi connectivity index (χ2n) is 6.41. The molecule has 2 aliphatic rings. The number of hydrogen-bond acceptors (Lipinski definition) is 3. The molecule has 3 rings (SSSR count). The standard InChI is InChI=1S/C16H21ClN2O2/c17-12-13-3-4-14(15(11-13)19(20)21)18-9-7-16(8-10-18)5-1-2-6-16/h3-4,11H,1-2,5-10,12H2. The fourth-order valence-electron chi connectivity index (χ4n) is 3.91. The molecule has 0 aromatic heterocycles. The Bertz CT molecular complexity index is 531. The van der Waals surface area contributed by atoms with Crippen LogP contribution in [0.4, 0.5) is 11.4 Å². The van der Waals surface area contributed by atoms with Crippen molar-refractivity contribution in [2.24, 2.45) is 5.41 Å². The van der Waals surface area contributed by atoms with Gasteiger partial charge in [-0.25, -0.2) is 0 Å². The highest BCUT2D eigenvalue weighted by Gasteiger charge is 2.37. The summed E-state index contributed by atoms with van der Waals surface area (Å²) in [5.74, 6) is 0.310. The maximum Gasteiger partial charge on any atom is 0.292 e. The third kappa shape index (κ3) is 2.86. The lowest BCUT2D eigenvalue weighted by molar-refractivity contribution is -0.384. The maximum atomic E-state index is 11.3. The smallest absolute Gasteiger partial charge is 0.292 e. The van der Waals surface area contributed by atoms with Crippen LogP contribution in [0.3, 0.4) is 0 Å². The summed E-state index contributed by atoms with van der Waals surface area (Å²) in [6.45, 7) is 1.86. The summed E-state index contributed by atoms with van der Waals surface area (Å²) < 4.78 is 0. The van der Waals surface area contributed by atoms with Crippen molar-refractivity contribution in [2.45, 2.75) is 44.4 Å². The fourth-order valence-corrected chi connectivity index (χ4v) is 4.08. The molecule has 2 fully saturated rings. The van der Waals surface area contributed by atoms with Gasteiger partial charge in [-0.1, -0.05) is 18.9 Å². The van der Waals surface area contributed by atoms with Crippen LogP contribution >= 0.6 is 11.6 Å². The summed E-state index contributed by atoms with van der Waals surface area (Å²) in [5.41, 5.74) is 2.27. The van der Waals surface area contributed by atoms with Crippen molar-refractivity contribution in [1.29, 1.82) is 0 Å². The summed E-state index contributed by atoms with van der Waals surface area (Å²) in [6, 6.07) is 5.38. The molecule has 0 bridgehead atoms. The minimum atomic E-state index is -0.286. The number of benzene rings is 1. The van der Waals surface area contributed by atoms with Crippen LogP contribution in [-0.2, 0) is 5.88 Å². The van der Waals surface area contributed by atoms with Crippen molar-refractivity contribution >= 4 is 23.0 Å².